The molecule has 0 bridgehead atoms. The number of hydrogen-bond donors (Lipinski definition) is 1. The summed E-state index contributed by atoms with van der Waals surface area (Å²) < 4.78 is 1.80. The highest BCUT2D eigenvalue weighted by molar-refractivity contribution is 7.98. The first-order valence-electron chi connectivity index (χ1n) is 9.27. The van der Waals surface area contributed by atoms with E-state index in [0.717, 1.165) is 16.7 Å². The fourth-order valence-electron chi connectivity index (χ4n) is 3.48. The number of fused-ring (bicyclic) bond motifs is 1. The Balaban J connectivity index is 1.70. The number of benzene rings is 2. The van der Waals surface area contributed by atoms with Crippen LogP contribution < -0.4 is 10.9 Å². The molecular formula is C22H20ClN3O2S. The third kappa shape index (κ3) is 4.09. The summed E-state index contributed by atoms with van der Waals surface area (Å²) in [5.41, 5.74) is 3.42. The van der Waals surface area contributed by atoms with Crippen LogP contribution in [-0.2, 0) is 17.6 Å². The minimum atomic E-state index is -0.291. The molecule has 29 heavy (non-hydrogen) atoms. The third-order valence-electron chi connectivity index (χ3n) is 5.06. The Hall–Kier alpha value is -2.57. The van der Waals surface area contributed by atoms with Crippen LogP contribution in [-0.4, -0.2) is 15.5 Å². The number of thioether (sulfide) groups is 1. The van der Waals surface area contributed by atoms with E-state index in [4.69, 9.17) is 11.6 Å². The normalized spacial score (nSPS) is 15.7. The Bertz CT molecular complexity index is 1120. The molecule has 7 heteroatoms. The maximum absolute atomic E-state index is 12.9. The largest absolute Gasteiger partial charge is 0.312 e. The van der Waals surface area contributed by atoms with E-state index in [1.165, 1.54) is 11.8 Å². The molecule has 0 saturated heterocycles. The molecule has 3 aromatic rings. The lowest BCUT2D eigenvalue weighted by Gasteiger charge is -2.27. The van der Waals surface area contributed by atoms with Gasteiger partial charge in [-0.15, -0.1) is 0 Å². The van der Waals surface area contributed by atoms with Gasteiger partial charge in [0.25, 0.3) is 5.56 Å². The van der Waals surface area contributed by atoms with Crippen molar-refractivity contribution in [3.8, 4) is 0 Å². The predicted octanol–water partition coefficient (Wildman–Crippen LogP) is 4.51. The standard InChI is InChI=1S/C22H20ClN3O2S/c1-13-3-7-15(8-4-13)17-11-18(27)24-20-19(17)21(28)25-22(26(20)2)29-12-14-5-9-16(23)10-6-14/h3-10,17H,11-12H2,1-2H3,(H,24,27). The number of aromatic nitrogens is 2. The predicted molar refractivity (Wildman–Crippen MR) is 117 cm³/mol. The van der Waals surface area contributed by atoms with E-state index >= 15 is 0 Å². The lowest BCUT2D eigenvalue weighted by molar-refractivity contribution is -0.116. The SMILES string of the molecule is Cc1ccc(C2CC(=O)Nc3c2c(=O)nc(SCc2ccc(Cl)cc2)n3C)cc1. The van der Waals surface area contributed by atoms with Gasteiger partial charge in [0.05, 0.1) is 5.56 Å². The van der Waals surface area contributed by atoms with Gasteiger partial charge in [-0.05, 0) is 30.2 Å². The van der Waals surface area contributed by atoms with Gasteiger partial charge in [-0.1, -0.05) is 65.3 Å². The summed E-state index contributed by atoms with van der Waals surface area (Å²) in [5, 5.41) is 4.13. The van der Waals surface area contributed by atoms with Gasteiger partial charge in [0.1, 0.15) is 5.82 Å². The summed E-state index contributed by atoms with van der Waals surface area (Å²) in [5.74, 6) is 0.787. The van der Waals surface area contributed by atoms with Crippen LogP contribution in [0.1, 0.15) is 34.6 Å². The van der Waals surface area contributed by atoms with Gasteiger partial charge in [-0.25, -0.2) is 0 Å². The number of carbonyl (C=O) groups excluding carboxylic acids is 1. The Labute approximate surface area is 178 Å². The fourth-order valence-corrected chi connectivity index (χ4v) is 4.52. The van der Waals surface area contributed by atoms with Crippen molar-refractivity contribution in [2.45, 2.75) is 30.2 Å². The molecule has 148 valence electrons. The van der Waals surface area contributed by atoms with Crippen molar-refractivity contribution < 1.29 is 4.79 Å². The highest BCUT2D eigenvalue weighted by atomic mass is 35.5. The molecule has 1 amide bonds. The molecule has 2 aromatic carbocycles. The molecule has 1 aliphatic rings. The molecule has 4 rings (SSSR count). The number of hydrogen-bond acceptors (Lipinski definition) is 4. The van der Waals surface area contributed by atoms with E-state index in [-0.39, 0.29) is 23.8 Å². The first kappa shape index (κ1) is 19.7. The monoisotopic (exact) mass is 425 g/mol. The second-order valence-electron chi connectivity index (χ2n) is 7.15. The molecule has 1 aliphatic heterocycles. The number of nitrogens with one attached hydrogen (secondary N) is 1. The molecule has 0 saturated carbocycles. The lowest BCUT2D eigenvalue weighted by atomic mass is 9.86. The first-order valence-corrected chi connectivity index (χ1v) is 10.6. The molecule has 1 N–H and O–H groups in total. The van der Waals surface area contributed by atoms with E-state index in [1.54, 1.807) is 4.57 Å². The number of rotatable bonds is 4. The highest BCUT2D eigenvalue weighted by Gasteiger charge is 2.32. The quantitative estimate of drug-likeness (QED) is 0.493. The van der Waals surface area contributed by atoms with E-state index in [1.807, 2.05) is 62.5 Å². The maximum Gasteiger partial charge on any atom is 0.279 e. The Morgan fingerprint density at radius 3 is 2.52 bits per heavy atom. The number of nitrogens with zero attached hydrogens (tertiary/aromatic N) is 2. The fraction of sp³-hybridized carbons (Fsp3) is 0.227. The van der Waals surface area contributed by atoms with Crippen LogP contribution in [0.5, 0.6) is 0 Å². The number of halogens is 1. The lowest BCUT2D eigenvalue weighted by Crippen LogP contribution is -2.33. The van der Waals surface area contributed by atoms with Gasteiger partial charge in [0, 0.05) is 30.2 Å². The summed E-state index contributed by atoms with van der Waals surface area (Å²) in [6, 6.07) is 15.5. The van der Waals surface area contributed by atoms with Crippen molar-refractivity contribution in [3.05, 3.63) is 86.2 Å². The van der Waals surface area contributed by atoms with Crippen LogP contribution >= 0.6 is 23.4 Å². The zero-order valence-corrected chi connectivity index (χ0v) is 17.7. The molecule has 5 nitrogen and oxygen atoms in total. The van der Waals surface area contributed by atoms with Crippen LogP contribution in [0.4, 0.5) is 5.82 Å². The van der Waals surface area contributed by atoms with Gasteiger partial charge in [-0.2, -0.15) is 4.98 Å². The zero-order valence-electron chi connectivity index (χ0n) is 16.1. The summed E-state index contributed by atoms with van der Waals surface area (Å²) in [6.45, 7) is 2.01. The van der Waals surface area contributed by atoms with Crippen LogP contribution in [0.2, 0.25) is 5.02 Å². The molecular weight excluding hydrogens is 406 g/mol. The number of carbonyl (C=O) groups is 1. The van der Waals surface area contributed by atoms with Gasteiger partial charge in [0.2, 0.25) is 5.91 Å². The summed E-state index contributed by atoms with van der Waals surface area (Å²) in [6.07, 6.45) is 0.240. The second-order valence-corrected chi connectivity index (χ2v) is 8.53. The summed E-state index contributed by atoms with van der Waals surface area (Å²) in [4.78, 5) is 29.7. The van der Waals surface area contributed by atoms with Crippen molar-refractivity contribution in [2.75, 3.05) is 5.32 Å². The van der Waals surface area contributed by atoms with E-state index in [0.29, 0.717) is 27.3 Å². The van der Waals surface area contributed by atoms with Crippen molar-refractivity contribution in [2.24, 2.45) is 7.05 Å². The summed E-state index contributed by atoms with van der Waals surface area (Å²) in [7, 11) is 1.83. The van der Waals surface area contributed by atoms with Crippen molar-refractivity contribution in [1.82, 2.24) is 9.55 Å². The van der Waals surface area contributed by atoms with E-state index in [9.17, 15) is 9.59 Å². The number of anilines is 1. The molecule has 0 radical (unpaired) electrons. The minimum Gasteiger partial charge on any atom is -0.312 e. The van der Waals surface area contributed by atoms with Gasteiger partial charge >= 0.3 is 0 Å². The number of aryl methyl sites for hydroxylation is 1. The van der Waals surface area contributed by atoms with Crippen LogP contribution in [0.15, 0.2) is 58.5 Å². The van der Waals surface area contributed by atoms with Gasteiger partial charge in [-0.3, -0.25) is 9.59 Å². The third-order valence-corrected chi connectivity index (χ3v) is 6.41. The molecule has 2 heterocycles. The molecule has 1 unspecified atom stereocenters. The van der Waals surface area contributed by atoms with E-state index in [2.05, 4.69) is 10.3 Å². The van der Waals surface area contributed by atoms with Gasteiger partial charge < -0.3 is 9.88 Å². The average molecular weight is 426 g/mol. The molecule has 0 spiro atoms. The Morgan fingerprint density at radius 1 is 1.14 bits per heavy atom. The van der Waals surface area contributed by atoms with Gasteiger partial charge in [0.15, 0.2) is 5.16 Å². The average Bonchev–Trinajstić information content (AvgIpc) is 2.70. The van der Waals surface area contributed by atoms with Crippen LogP contribution in [0.25, 0.3) is 0 Å². The first-order chi connectivity index (χ1) is 13.9. The molecule has 1 atom stereocenters. The van der Waals surface area contributed by atoms with Crippen molar-refractivity contribution in [3.63, 3.8) is 0 Å². The zero-order chi connectivity index (χ0) is 20.5. The topological polar surface area (TPSA) is 64.0 Å². The molecule has 0 aliphatic carbocycles. The van der Waals surface area contributed by atoms with Crippen LogP contribution in [0.3, 0.4) is 0 Å². The van der Waals surface area contributed by atoms with Crippen molar-refractivity contribution >= 4 is 35.1 Å². The second kappa shape index (κ2) is 8.05. The molecule has 1 aromatic heterocycles. The van der Waals surface area contributed by atoms with Crippen molar-refractivity contribution in [1.29, 1.82) is 0 Å². The highest BCUT2D eigenvalue weighted by Crippen LogP contribution is 2.36. The Kier molecular flexibility index (Phi) is 5.48. The smallest absolute Gasteiger partial charge is 0.279 e. The summed E-state index contributed by atoms with van der Waals surface area (Å²) >= 11 is 7.39. The maximum atomic E-state index is 12.9. The van der Waals surface area contributed by atoms with E-state index < -0.39 is 0 Å². The molecule has 0 fully saturated rings. The minimum absolute atomic E-state index is 0.0991. The van der Waals surface area contributed by atoms with Crippen LogP contribution in [0, 0.1) is 6.92 Å². The number of amides is 1. The Morgan fingerprint density at radius 2 is 1.83 bits per heavy atom.